The standard InChI is InChI=1S/C16H16N2O3/c1-12-4-2-7-15(8-12)21-11-16(20)18-17-10-13-5-3-6-14(19)9-13/h2-10,19H,11H2,1H3,(H,18,20)/b17-10-. The van der Waals surface area contributed by atoms with Gasteiger partial charge in [0, 0.05) is 0 Å². The maximum atomic E-state index is 11.6. The van der Waals surface area contributed by atoms with Crippen LogP contribution < -0.4 is 10.2 Å². The first-order valence-electron chi connectivity index (χ1n) is 6.44. The fraction of sp³-hybridized carbons (Fsp3) is 0.125. The second-order valence-electron chi connectivity index (χ2n) is 4.49. The van der Waals surface area contributed by atoms with E-state index in [2.05, 4.69) is 10.5 Å². The minimum atomic E-state index is -0.354. The molecular formula is C16H16N2O3. The van der Waals surface area contributed by atoms with E-state index in [9.17, 15) is 9.90 Å². The number of carbonyl (C=O) groups is 1. The monoisotopic (exact) mass is 284 g/mol. The van der Waals surface area contributed by atoms with Gasteiger partial charge in [-0.2, -0.15) is 5.10 Å². The van der Waals surface area contributed by atoms with Gasteiger partial charge in [-0.25, -0.2) is 5.43 Å². The Balaban J connectivity index is 1.80. The summed E-state index contributed by atoms with van der Waals surface area (Å²) in [5.41, 5.74) is 4.11. The summed E-state index contributed by atoms with van der Waals surface area (Å²) in [6, 6.07) is 14.0. The molecule has 2 rings (SSSR count). The van der Waals surface area contributed by atoms with E-state index in [1.54, 1.807) is 30.3 Å². The molecule has 2 aromatic carbocycles. The number of phenols is 1. The summed E-state index contributed by atoms with van der Waals surface area (Å²) in [6.07, 6.45) is 1.45. The van der Waals surface area contributed by atoms with Crippen molar-refractivity contribution in [3.8, 4) is 11.5 Å². The molecule has 0 aliphatic heterocycles. The molecule has 0 unspecified atom stereocenters. The third kappa shape index (κ3) is 4.99. The van der Waals surface area contributed by atoms with E-state index < -0.39 is 0 Å². The highest BCUT2D eigenvalue weighted by molar-refractivity contribution is 5.83. The van der Waals surface area contributed by atoms with Crippen molar-refractivity contribution in [2.24, 2.45) is 5.10 Å². The normalized spacial score (nSPS) is 10.5. The summed E-state index contributed by atoms with van der Waals surface area (Å²) in [7, 11) is 0. The summed E-state index contributed by atoms with van der Waals surface area (Å²) in [4.78, 5) is 11.6. The minimum Gasteiger partial charge on any atom is -0.508 e. The zero-order valence-corrected chi connectivity index (χ0v) is 11.6. The van der Waals surface area contributed by atoms with Crippen molar-refractivity contribution in [2.75, 3.05) is 6.61 Å². The van der Waals surface area contributed by atoms with E-state index in [0.29, 0.717) is 11.3 Å². The number of ether oxygens (including phenoxy) is 1. The van der Waals surface area contributed by atoms with Gasteiger partial charge in [-0.1, -0.05) is 24.3 Å². The average Bonchev–Trinajstić information content (AvgIpc) is 2.45. The van der Waals surface area contributed by atoms with Gasteiger partial charge in [0.05, 0.1) is 6.21 Å². The maximum absolute atomic E-state index is 11.6. The van der Waals surface area contributed by atoms with Crippen LogP contribution in [0.1, 0.15) is 11.1 Å². The number of nitrogens with one attached hydrogen (secondary N) is 1. The number of nitrogens with zero attached hydrogens (tertiary/aromatic N) is 1. The zero-order chi connectivity index (χ0) is 15.1. The predicted molar refractivity (Wildman–Crippen MR) is 80.5 cm³/mol. The number of amides is 1. The van der Waals surface area contributed by atoms with Gasteiger partial charge >= 0.3 is 0 Å². The topological polar surface area (TPSA) is 70.9 Å². The van der Waals surface area contributed by atoms with Crippen LogP contribution in [0.3, 0.4) is 0 Å². The van der Waals surface area contributed by atoms with E-state index in [-0.39, 0.29) is 18.3 Å². The Hall–Kier alpha value is -2.82. The highest BCUT2D eigenvalue weighted by atomic mass is 16.5. The lowest BCUT2D eigenvalue weighted by molar-refractivity contribution is -0.123. The number of aromatic hydroxyl groups is 1. The van der Waals surface area contributed by atoms with Crippen LogP contribution in [0.4, 0.5) is 0 Å². The van der Waals surface area contributed by atoms with Gasteiger partial charge < -0.3 is 9.84 Å². The number of aryl methyl sites for hydroxylation is 1. The van der Waals surface area contributed by atoms with E-state index in [0.717, 1.165) is 5.56 Å². The fourth-order valence-electron chi connectivity index (χ4n) is 1.67. The molecule has 0 heterocycles. The Bertz CT molecular complexity index is 653. The molecule has 21 heavy (non-hydrogen) atoms. The summed E-state index contributed by atoms with van der Waals surface area (Å²) in [5, 5.41) is 13.1. The van der Waals surface area contributed by atoms with Crippen LogP contribution in [0.5, 0.6) is 11.5 Å². The number of hydrazone groups is 1. The zero-order valence-electron chi connectivity index (χ0n) is 11.6. The van der Waals surface area contributed by atoms with Gasteiger partial charge in [0.2, 0.25) is 0 Å². The van der Waals surface area contributed by atoms with Crippen LogP contribution in [0, 0.1) is 6.92 Å². The molecule has 0 aromatic heterocycles. The van der Waals surface area contributed by atoms with Crippen molar-refractivity contribution in [2.45, 2.75) is 6.92 Å². The number of benzene rings is 2. The summed E-state index contributed by atoms with van der Waals surface area (Å²) < 4.78 is 5.34. The third-order valence-corrected chi connectivity index (χ3v) is 2.63. The number of hydrogen-bond donors (Lipinski definition) is 2. The first-order valence-corrected chi connectivity index (χ1v) is 6.44. The molecule has 0 saturated heterocycles. The summed E-state index contributed by atoms with van der Waals surface area (Å²) in [6.45, 7) is 1.84. The van der Waals surface area contributed by atoms with Crippen LogP contribution >= 0.6 is 0 Å². The lowest BCUT2D eigenvalue weighted by atomic mass is 10.2. The Kier molecular flexibility index (Phi) is 4.93. The molecule has 0 aliphatic rings. The molecule has 5 nitrogen and oxygen atoms in total. The van der Waals surface area contributed by atoms with Crippen LogP contribution in [0.2, 0.25) is 0 Å². The molecule has 0 atom stereocenters. The quantitative estimate of drug-likeness (QED) is 0.653. The second kappa shape index (κ2) is 7.09. The second-order valence-corrected chi connectivity index (χ2v) is 4.49. The van der Waals surface area contributed by atoms with Crippen molar-refractivity contribution in [1.82, 2.24) is 5.43 Å². The molecule has 1 amide bonds. The van der Waals surface area contributed by atoms with Crippen molar-refractivity contribution in [3.63, 3.8) is 0 Å². The number of hydrogen-bond acceptors (Lipinski definition) is 4. The lowest BCUT2D eigenvalue weighted by Gasteiger charge is -2.05. The van der Waals surface area contributed by atoms with Crippen LogP contribution in [0.15, 0.2) is 53.6 Å². The Morgan fingerprint density at radius 2 is 2.10 bits per heavy atom. The molecule has 2 N–H and O–H groups in total. The van der Waals surface area contributed by atoms with Gasteiger partial charge in [0.15, 0.2) is 6.61 Å². The Labute approximate surface area is 122 Å². The number of carbonyl (C=O) groups excluding carboxylic acids is 1. The van der Waals surface area contributed by atoms with Crippen LogP contribution in [-0.4, -0.2) is 23.8 Å². The highest BCUT2D eigenvalue weighted by Gasteiger charge is 2.01. The summed E-state index contributed by atoms with van der Waals surface area (Å²) >= 11 is 0. The Morgan fingerprint density at radius 1 is 1.29 bits per heavy atom. The number of rotatable bonds is 5. The molecular weight excluding hydrogens is 268 g/mol. The first kappa shape index (κ1) is 14.6. The molecule has 2 aromatic rings. The minimum absolute atomic E-state index is 0.110. The predicted octanol–water partition coefficient (Wildman–Crippen LogP) is 2.23. The molecule has 0 radical (unpaired) electrons. The summed E-state index contributed by atoms with van der Waals surface area (Å²) in [5.74, 6) is 0.433. The van der Waals surface area contributed by atoms with Crippen LogP contribution in [-0.2, 0) is 4.79 Å². The first-order chi connectivity index (χ1) is 10.1. The molecule has 0 bridgehead atoms. The fourth-order valence-corrected chi connectivity index (χ4v) is 1.67. The lowest BCUT2D eigenvalue weighted by Crippen LogP contribution is -2.24. The molecule has 0 fully saturated rings. The van der Waals surface area contributed by atoms with Gasteiger partial charge in [0.1, 0.15) is 11.5 Å². The largest absolute Gasteiger partial charge is 0.508 e. The molecule has 0 saturated carbocycles. The van der Waals surface area contributed by atoms with Crippen molar-refractivity contribution < 1.29 is 14.6 Å². The van der Waals surface area contributed by atoms with E-state index in [1.165, 1.54) is 6.21 Å². The van der Waals surface area contributed by atoms with E-state index in [4.69, 9.17) is 4.74 Å². The molecule has 5 heteroatoms. The molecule has 0 aliphatic carbocycles. The maximum Gasteiger partial charge on any atom is 0.277 e. The highest BCUT2D eigenvalue weighted by Crippen LogP contribution is 2.12. The SMILES string of the molecule is Cc1cccc(OCC(=O)N/N=C\c2cccc(O)c2)c1. The van der Waals surface area contributed by atoms with E-state index >= 15 is 0 Å². The van der Waals surface area contributed by atoms with Crippen molar-refractivity contribution in [1.29, 1.82) is 0 Å². The van der Waals surface area contributed by atoms with Crippen molar-refractivity contribution in [3.05, 3.63) is 59.7 Å². The third-order valence-electron chi connectivity index (χ3n) is 2.63. The van der Waals surface area contributed by atoms with Crippen molar-refractivity contribution >= 4 is 12.1 Å². The smallest absolute Gasteiger partial charge is 0.277 e. The number of phenolic OH excluding ortho intramolecular Hbond substituents is 1. The van der Waals surface area contributed by atoms with Gasteiger partial charge in [-0.15, -0.1) is 0 Å². The van der Waals surface area contributed by atoms with Gasteiger partial charge in [-0.3, -0.25) is 4.79 Å². The van der Waals surface area contributed by atoms with E-state index in [1.807, 2.05) is 25.1 Å². The Morgan fingerprint density at radius 3 is 2.86 bits per heavy atom. The molecule has 108 valence electrons. The average molecular weight is 284 g/mol. The van der Waals surface area contributed by atoms with Gasteiger partial charge in [0.25, 0.3) is 5.91 Å². The van der Waals surface area contributed by atoms with Crippen LogP contribution in [0.25, 0.3) is 0 Å². The molecule has 0 spiro atoms. The van der Waals surface area contributed by atoms with Gasteiger partial charge in [-0.05, 0) is 42.3 Å².